The third-order valence-corrected chi connectivity index (χ3v) is 6.55. The predicted octanol–water partition coefficient (Wildman–Crippen LogP) is 7.06. The second kappa shape index (κ2) is 11.2. The number of benzene rings is 2. The van der Waals surface area contributed by atoms with E-state index in [9.17, 15) is 31.1 Å². The summed E-state index contributed by atoms with van der Waals surface area (Å²) in [7, 11) is 4.02. The molecule has 0 bridgehead atoms. The number of methoxy groups -OCH3 is 3. The Morgan fingerprint density at radius 1 is 0.947 bits per heavy atom. The first-order chi connectivity index (χ1) is 17.7. The summed E-state index contributed by atoms with van der Waals surface area (Å²) in [6.07, 6.45) is -9.75. The van der Waals surface area contributed by atoms with Crippen LogP contribution >= 0.6 is 0 Å². The van der Waals surface area contributed by atoms with E-state index < -0.39 is 42.2 Å². The number of anilines is 1. The highest BCUT2D eigenvalue weighted by Gasteiger charge is 2.40. The summed E-state index contributed by atoms with van der Waals surface area (Å²) in [4.78, 5) is 16.2. The second-order valence-electron chi connectivity index (χ2n) is 9.07. The normalized spacial score (nSPS) is 17.6. The molecule has 0 saturated heterocycles. The lowest BCUT2D eigenvalue weighted by atomic mass is 9.89. The predicted molar refractivity (Wildman–Crippen MR) is 128 cm³/mol. The summed E-state index contributed by atoms with van der Waals surface area (Å²) >= 11 is 0. The van der Waals surface area contributed by atoms with Crippen molar-refractivity contribution in [1.29, 1.82) is 0 Å². The standard InChI is InChI=1S/C26H30F6N2O4/c1-6-7-33-15(2)8-20(19-12-22(36-3)23(37-4)13-21(19)33)34(24(35)38-5)14-16-9-17(25(27,28)29)11-18(10-16)26(30,31)32/h9-13,15,20H,6-8,14H2,1-5H3/t15-,20+/m1/s1. The minimum atomic E-state index is -5.01. The fraction of sp³-hybridized carbons (Fsp3) is 0.500. The van der Waals surface area contributed by atoms with E-state index in [-0.39, 0.29) is 17.7 Å². The van der Waals surface area contributed by atoms with Gasteiger partial charge in [-0.1, -0.05) is 6.92 Å². The maximum Gasteiger partial charge on any atom is 0.416 e. The fourth-order valence-electron chi connectivity index (χ4n) is 4.82. The van der Waals surface area contributed by atoms with Crippen molar-refractivity contribution in [1.82, 2.24) is 4.90 Å². The van der Waals surface area contributed by atoms with Crippen LogP contribution in [0.25, 0.3) is 0 Å². The molecular formula is C26H30F6N2O4. The summed E-state index contributed by atoms with van der Waals surface area (Å²) < 4.78 is 96.6. The average molecular weight is 549 g/mol. The minimum Gasteiger partial charge on any atom is -0.493 e. The largest absolute Gasteiger partial charge is 0.493 e. The molecule has 38 heavy (non-hydrogen) atoms. The maximum absolute atomic E-state index is 13.5. The van der Waals surface area contributed by atoms with E-state index in [0.717, 1.165) is 24.1 Å². The van der Waals surface area contributed by atoms with Crippen molar-refractivity contribution in [3.8, 4) is 11.5 Å². The monoisotopic (exact) mass is 548 g/mol. The molecule has 6 nitrogen and oxygen atoms in total. The molecule has 1 heterocycles. The number of halogens is 6. The van der Waals surface area contributed by atoms with Gasteiger partial charge in [0.05, 0.1) is 38.5 Å². The number of amides is 1. The maximum atomic E-state index is 13.5. The molecule has 0 spiro atoms. The number of alkyl halides is 6. The molecule has 2 aromatic carbocycles. The Morgan fingerprint density at radius 3 is 1.97 bits per heavy atom. The number of fused-ring (bicyclic) bond motifs is 1. The Labute approximate surface area is 217 Å². The number of ether oxygens (including phenoxy) is 3. The second-order valence-corrected chi connectivity index (χ2v) is 9.07. The van der Waals surface area contributed by atoms with Gasteiger partial charge in [0.25, 0.3) is 0 Å². The van der Waals surface area contributed by atoms with Crippen molar-refractivity contribution in [2.75, 3.05) is 32.8 Å². The summed E-state index contributed by atoms with van der Waals surface area (Å²) in [5.74, 6) is 0.808. The topological polar surface area (TPSA) is 51.2 Å². The average Bonchev–Trinajstić information content (AvgIpc) is 2.86. The summed E-state index contributed by atoms with van der Waals surface area (Å²) in [5.41, 5.74) is -1.90. The van der Waals surface area contributed by atoms with Crippen LogP contribution < -0.4 is 14.4 Å². The van der Waals surface area contributed by atoms with E-state index in [4.69, 9.17) is 14.2 Å². The zero-order valence-electron chi connectivity index (χ0n) is 21.7. The Kier molecular flexibility index (Phi) is 8.62. The number of rotatable bonds is 7. The highest BCUT2D eigenvalue weighted by atomic mass is 19.4. The molecule has 1 aliphatic heterocycles. The lowest BCUT2D eigenvalue weighted by molar-refractivity contribution is -0.143. The molecule has 3 rings (SSSR count). The quantitative estimate of drug-likeness (QED) is 0.347. The molecule has 210 valence electrons. The van der Waals surface area contributed by atoms with Gasteiger partial charge in [0.2, 0.25) is 0 Å². The van der Waals surface area contributed by atoms with Crippen molar-refractivity contribution in [3.63, 3.8) is 0 Å². The van der Waals surface area contributed by atoms with Gasteiger partial charge in [0.1, 0.15) is 0 Å². The van der Waals surface area contributed by atoms with Gasteiger partial charge in [-0.15, -0.1) is 0 Å². The van der Waals surface area contributed by atoms with Crippen LogP contribution in [-0.2, 0) is 23.6 Å². The van der Waals surface area contributed by atoms with Crippen LogP contribution in [0.2, 0.25) is 0 Å². The molecular weight excluding hydrogens is 518 g/mol. The molecule has 0 saturated carbocycles. The van der Waals surface area contributed by atoms with E-state index in [1.807, 2.05) is 13.8 Å². The van der Waals surface area contributed by atoms with Crippen LogP contribution in [-0.4, -0.2) is 44.9 Å². The first-order valence-electron chi connectivity index (χ1n) is 11.9. The SMILES string of the molecule is CCCN1c2cc(OC)c(OC)cc2[C@@H](N(Cc2cc(C(F)(F)F)cc(C(F)(F)F)c2)C(=O)OC)C[C@H]1C. The van der Waals surface area contributed by atoms with E-state index in [1.54, 1.807) is 12.1 Å². The van der Waals surface area contributed by atoms with Crippen LogP contribution in [0.4, 0.5) is 36.8 Å². The van der Waals surface area contributed by atoms with Crippen LogP contribution in [0.1, 0.15) is 55.0 Å². The number of hydrogen-bond donors (Lipinski definition) is 0. The van der Waals surface area contributed by atoms with Crippen LogP contribution in [0.3, 0.4) is 0 Å². The molecule has 0 fully saturated rings. The summed E-state index contributed by atoms with van der Waals surface area (Å²) in [6, 6.07) is 3.88. The lowest BCUT2D eigenvalue weighted by Crippen LogP contribution is -2.45. The van der Waals surface area contributed by atoms with Crippen LogP contribution in [0.15, 0.2) is 30.3 Å². The van der Waals surface area contributed by atoms with Crippen molar-refractivity contribution >= 4 is 11.8 Å². The smallest absolute Gasteiger partial charge is 0.416 e. The molecule has 0 aliphatic carbocycles. The van der Waals surface area contributed by atoms with Crippen molar-refractivity contribution in [2.24, 2.45) is 0 Å². The van der Waals surface area contributed by atoms with Gasteiger partial charge in [-0.05, 0) is 49.6 Å². The first kappa shape index (κ1) is 29.2. The number of hydrogen-bond acceptors (Lipinski definition) is 5. The molecule has 0 unspecified atom stereocenters. The Bertz CT molecular complexity index is 1120. The summed E-state index contributed by atoms with van der Waals surface area (Å²) in [6.45, 7) is 4.07. The molecule has 1 aliphatic rings. The van der Waals surface area contributed by atoms with Gasteiger partial charge < -0.3 is 19.1 Å². The van der Waals surface area contributed by atoms with Crippen molar-refractivity contribution < 1.29 is 45.3 Å². The molecule has 0 aromatic heterocycles. The highest BCUT2D eigenvalue weighted by Crippen LogP contribution is 2.46. The van der Waals surface area contributed by atoms with Gasteiger partial charge in [-0.3, -0.25) is 4.90 Å². The zero-order chi connectivity index (χ0) is 28.4. The Hall–Kier alpha value is -3.31. The molecule has 0 N–H and O–H groups in total. The van der Waals surface area contributed by atoms with Gasteiger partial charge in [-0.25, -0.2) is 4.79 Å². The minimum absolute atomic E-state index is 0.0593. The van der Waals surface area contributed by atoms with Gasteiger partial charge in [0.15, 0.2) is 11.5 Å². The van der Waals surface area contributed by atoms with Crippen molar-refractivity contribution in [3.05, 3.63) is 52.6 Å². The number of nitrogens with zero attached hydrogens (tertiary/aromatic N) is 2. The third-order valence-electron chi connectivity index (χ3n) is 6.55. The highest BCUT2D eigenvalue weighted by molar-refractivity contribution is 5.71. The van der Waals surface area contributed by atoms with Crippen LogP contribution in [0, 0.1) is 0 Å². The van der Waals surface area contributed by atoms with E-state index >= 15 is 0 Å². The molecule has 2 atom stereocenters. The van der Waals surface area contributed by atoms with E-state index in [1.165, 1.54) is 14.2 Å². The van der Waals surface area contributed by atoms with E-state index in [2.05, 4.69) is 4.90 Å². The number of carbonyl (C=O) groups excluding carboxylic acids is 1. The Morgan fingerprint density at radius 2 is 1.50 bits per heavy atom. The zero-order valence-corrected chi connectivity index (χ0v) is 21.7. The fourth-order valence-corrected chi connectivity index (χ4v) is 4.82. The third kappa shape index (κ3) is 6.05. The van der Waals surface area contributed by atoms with Gasteiger partial charge >= 0.3 is 18.4 Å². The first-order valence-corrected chi connectivity index (χ1v) is 11.9. The van der Waals surface area contributed by atoms with Gasteiger partial charge in [-0.2, -0.15) is 26.3 Å². The molecule has 0 radical (unpaired) electrons. The molecule has 12 heteroatoms. The lowest BCUT2D eigenvalue weighted by Gasteiger charge is -2.44. The Balaban J connectivity index is 2.17. The van der Waals surface area contributed by atoms with Crippen LogP contribution in [0.5, 0.6) is 11.5 Å². The van der Waals surface area contributed by atoms with Crippen molar-refractivity contribution in [2.45, 2.75) is 57.7 Å². The summed E-state index contributed by atoms with van der Waals surface area (Å²) in [5, 5.41) is 0. The van der Waals surface area contributed by atoms with E-state index in [0.29, 0.717) is 42.2 Å². The number of carbonyl (C=O) groups is 1. The molecule has 1 amide bonds. The van der Waals surface area contributed by atoms with Gasteiger partial charge in [0, 0.05) is 36.4 Å². The molecule has 2 aromatic rings.